The van der Waals surface area contributed by atoms with Crippen LogP contribution in [0.3, 0.4) is 0 Å². The van der Waals surface area contributed by atoms with E-state index in [1.165, 1.54) is 30.5 Å². The summed E-state index contributed by atoms with van der Waals surface area (Å²) < 4.78 is 16.5. The lowest BCUT2D eigenvalue weighted by Gasteiger charge is -2.08. The van der Waals surface area contributed by atoms with Gasteiger partial charge < -0.3 is 13.9 Å². The molecule has 1 heterocycles. The number of esters is 1. The fraction of sp³-hybridized carbons (Fsp3) is 0.0833. The molecular weight excluding hydrogens is 450 g/mol. The second-order valence-electron chi connectivity index (χ2n) is 7.00. The van der Waals surface area contributed by atoms with Crippen molar-refractivity contribution in [2.45, 2.75) is 13.3 Å². The number of ether oxygens (including phenoxy) is 2. The maximum Gasteiger partial charge on any atom is 0.345 e. The van der Waals surface area contributed by atoms with Crippen LogP contribution in [0.15, 0.2) is 76.1 Å². The van der Waals surface area contributed by atoms with E-state index in [2.05, 4.69) is 0 Å². The van der Waals surface area contributed by atoms with Crippen molar-refractivity contribution in [2.75, 3.05) is 0 Å². The third-order valence-corrected chi connectivity index (χ3v) is 5.18. The van der Waals surface area contributed by atoms with E-state index in [9.17, 15) is 19.7 Å². The molecule has 4 rings (SSSR count). The number of carbonyl (C=O) groups is 1. The number of benzene rings is 3. The monoisotopic (exact) mass is 465 g/mol. The molecule has 0 bridgehead atoms. The zero-order chi connectivity index (χ0) is 23.5. The van der Waals surface area contributed by atoms with Crippen molar-refractivity contribution in [1.82, 2.24) is 0 Å². The topological polar surface area (TPSA) is 109 Å². The molecule has 0 N–H and O–H groups in total. The van der Waals surface area contributed by atoms with Gasteiger partial charge in [-0.1, -0.05) is 30.7 Å². The predicted molar refractivity (Wildman–Crippen MR) is 121 cm³/mol. The highest BCUT2D eigenvalue weighted by atomic mass is 35.5. The zero-order valence-electron chi connectivity index (χ0n) is 17.2. The Morgan fingerprint density at radius 2 is 1.79 bits per heavy atom. The van der Waals surface area contributed by atoms with E-state index >= 15 is 0 Å². The third kappa shape index (κ3) is 4.70. The zero-order valence-corrected chi connectivity index (χ0v) is 18.0. The van der Waals surface area contributed by atoms with E-state index in [1.807, 2.05) is 19.1 Å². The van der Waals surface area contributed by atoms with Crippen LogP contribution in [0, 0.1) is 10.1 Å². The number of nitrogens with zero attached hydrogens (tertiary/aromatic N) is 1. The summed E-state index contributed by atoms with van der Waals surface area (Å²) in [6.07, 6.45) is 2.08. The van der Waals surface area contributed by atoms with Crippen molar-refractivity contribution in [3.05, 3.63) is 103 Å². The van der Waals surface area contributed by atoms with Gasteiger partial charge in [-0.3, -0.25) is 14.9 Å². The molecule has 1 aromatic heterocycles. The third-order valence-electron chi connectivity index (χ3n) is 4.87. The Morgan fingerprint density at radius 1 is 1.06 bits per heavy atom. The number of rotatable bonds is 6. The highest BCUT2D eigenvalue weighted by Gasteiger charge is 2.18. The lowest BCUT2D eigenvalue weighted by Crippen LogP contribution is -2.10. The molecule has 0 fully saturated rings. The number of carbonyl (C=O) groups excluding carboxylic acids is 1. The van der Waals surface area contributed by atoms with Gasteiger partial charge in [-0.2, -0.15) is 0 Å². The second kappa shape index (κ2) is 9.13. The fourth-order valence-electron chi connectivity index (χ4n) is 3.09. The highest BCUT2D eigenvalue weighted by Crippen LogP contribution is 2.27. The summed E-state index contributed by atoms with van der Waals surface area (Å²) in [4.78, 5) is 35.4. The number of hydrogen-bond acceptors (Lipinski definition) is 7. The molecule has 166 valence electrons. The standard InChI is InChI=1S/C24H16ClNO7/c1-2-14-3-6-16(7-4-14)32-22-13-31-21-12-17(8-10-19(21)23(22)27)33-24(28)18-9-5-15(26(29)30)11-20(18)25/h3-13H,2H2,1H3. The summed E-state index contributed by atoms with van der Waals surface area (Å²) in [6.45, 7) is 2.04. The highest BCUT2D eigenvalue weighted by molar-refractivity contribution is 6.33. The van der Waals surface area contributed by atoms with Crippen molar-refractivity contribution < 1.29 is 23.6 Å². The van der Waals surface area contributed by atoms with E-state index in [-0.39, 0.29) is 44.2 Å². The first-order chi connectivity index (χ1) is 15.9. The second-order valence-corrected chi connectivity index (χ2v) is 7.40. The molecule has 3 aromatic carbocycles. The van der Waals surface area contributed by atoms with Crippen LogP contribution in [0.2, 0.25) is 5.02 Å². The number of aryl methyl sites for hydroxylation is 1. The van der Waals surface area contributed by atoms with Crippen LogP contribution in [-0.2, 0) is 6.42 Å². The largest absolute Gasteiger partial charge is 0.460 e. The van der Waals surface area contributed by atoms with Gasteiger partial charge in [0.2, 0.25) is 11.2 Å². The minimum Gasteiger partial charge on any atom is -0.460 e. The van der Waals surface area contributed by atoms with Crippen molar-refractivity contribution in [1.29, 1.82) is 0 Å². The molecule has 0 amide bonds. The van der Waals surface area contributed by atoms with Crippen molar-refractivity contribution in [3.8, 4) is 17.2 Å². The molecule has 0 atom stereocenters. The average Bonchev–Trinajstić information content (AvgIpc) is 2.81. The molecule has 4 aromatic rings. The quantitative estimate of drug-likeness (QED) is 0.150. The molecule has 33 heavy (non-hydrogen) atoms. The predicted octanol–water partition coefficient (Wildman–Crippen LogP) is 5.93. The van der Waals surface area contributed by atoms with Gasteiger partial charge in [0.1, 0.15) is 23.3 Å². The van der Waals surface area contributed by atoms with Gasteiger partial charge in [-0.05, 0) is 42.3 Å². The van der Waals surface area contributed by atoms with Crippen molar-refractivity contribution in [2.24, 2.45) is 0 Å². The molecule has 0 aliphatic carbocycles. The lowest BCUT2D eigenvalue weighted by molar-refractivity contribution is -0.384. The molecule has 0 radical (unpaired) electrons. The number of nitro benzene ring substituents is 1. The molecule has 0 aliphatic heterocycles. The van der Waals surface area contributed by atoms with E-state index in [1.54, 1.807) is 12.1 Å². The molecule has 0 aliphatic rings. The summed E-state index contributed by atoms with van der Waals surface area (Å²) in [5.41, 5.74) is 0.663. The Balaban J connectivity index is 1.56. The first-order valence-corrected chi connectivity index (χ1v) is 10.2. The van der Waals surface area contributed by atoms with Crippen LogP contribution in [0.4, 0.5) is 5.69 Å². The molecule has 8 nitrogen and oxygen atoms in total. The minimum absolute atomic E-state index is 0.0224. The Hall–Kier alpha value is -4.17. The fourth-order valence-corrected chi connectivity index (χ4v) is 3.34. The van der Waals surface area contributed by atoms with Gasteiger partial charge in [-0.15, -0.1) is 0 Å². The van der Waals surface area contributed by atoms with Crippen LogP contribution >= 0.6 is 11.6 Å². The van der Waals surface area contributed by atoms with Crippen LogP contribution in [0.5, 0.6) is 17.2 Å². The molecule has 0 spiro atoms. The number of nitro groups is 1. The number of hydrogen-bond donors (Lipinski definition) is 0. The van der Waals surface area contributed by atoms with Gasteiger partial charge in [0.15, 0.2) is 0 Å². The summed E-state index contributed by atoms with van der Waals surface area (Å²) >= 11 is 5.97. The van der Waals surface area contributed by atoms with Crippen molar-refractivity contribution in [3.63, 3.8) is 0 Å². The van der Waals surface area contributed by atoms with E-state index < -0.39 is 10.9 Å². The number of halogens is 1. The van der Waals surface area contributed by atoms with Crippen molar-refractivity contribution >= 4 is 34.2 Å². The minimum atomic E-state index is -0.813. The van der Waals surface area contributed by atoms with Crippen LogP contribution < -0.4 is 14.9 Å². The van der Waals surface area contributed by atoms with Gasteiger partial charge >= 0.3 is 5.97 Å². The van der Waals surface area contributed by atoms with Crippen LogP contribution in [-0.4, -0.2) is 10.9 Å². The average molecular weight is 466 g/mol. The SMILES string of the molecule is CCc1ccc(Oc2coc3cc(OC(=O)c4ccc([N+](=O)[O-])cc4Cl)ccc3c2=O)cc1. The smallest absolute Gasteiger partial charge is 0.345 e. The van der Waals surface area contributed by atoms with Gasteiger partial charge in [-0.25, -0.2) is 4.79 Å². The first-order valence-electron chi connectivity index (χ1n) is 9.84. The normalized spacial score (nSPS) is 10.7. The maximum atomic E-state index is 12.8. The number of non-ortho nitro benzene ring substituents is 1. The number of fused-ring (bicyclic) bond motifs is 1. The molecule has 0 unspecified atom stereocenters. The molecule has 0 saturated carbocycles. The van der Waals surface area contributed by atoms with Crippen LogP contribution in [0.25, 0.3) is 11.0 Å². The molecular formula is C24H16ClNO7. The maximum absolute atomic E-state index is 12.8. The van der Waals surface area contributed by atoms with Gasteiger partial charge in [0.05, 0.1) is 20.9 Å². The van der Waals surface area contributed by atoms with Crippen LogP contribution in [0.1, 0.15) is 22.8 Å². The van der Waals surface area contributed by atoms with Gasteiger partial charge in [0, 0.05) is 18.2 Å². The van der Waals surface area contributed by atoms with Gasteiger partial charge in [0.25, 0.3) is 5.69 Å². The summed E-state index contributed by atoms with van der Waals surface area (Å²) in [5.74, 6) is -0.181. The Morgan fingerprint density at radius 3 is 2.45 bits per heavy atom. The van der Waals surface area contributed by atoms with E-state index in [4.69, 9.17) is 25.5 Å². The molecule has 0 saturated heterocycles. The molecule has 9 heteroatoms. The first kappa shape index (κ1) is 22.0. The summed E-state index contributed by atoms with van der Waals surface area (Å²) in [7, 11) is 0. The Kier molecular flexibility index (Phi) is 6.10. The van der Waals surface area contributed by atoms with E-state index in [0.717, 1.165) is 24.1 Å². The summed E-state index contributed by atoms with van der Waals surface area (Å²) in [5, 5.41) is 10.9. The van der Waals surface area contributed by atoms with E-state index in [0.29, 0.717) is 5.75 Å². The Bertz CT molecular complexity index is 1430. The Labute approximate surface area is 192 Å². The summed E-state index contributed by atoms with van der Waals surface area (Å²) in [6, 6.07) is 15.1. The lowest BCUT2D eigenvalue weighted by atomic mass is 10.2.